The molecule has 2 N–H and O–H groups in total. The van der Waals surface area contributed by atoms with Crippen LogP contribution in [-0.2, 0) is 10.5 Å². The van der Waals surface area contributed by atoms with E-state index in [1.165, 1.54) is 6.92 Å². The number of aliphatic hydroxyl groups excluding tert-OH is 1. The summed E-state index contributed by atoms with van der Waals surface area (Å²) in [7, 11) is -2.76. The number of nitrogens with one attached hydrogen (secondary N) is 1. The molecule has 0 aromatic carbocycles. The van der Waals surface area contributed by atoms with Crippen LogP contribution < -0.4 is 5.32 Å². The molecule has 1 unspecified atom stereocenters. The third-order valence-electron chi connectivity index (χ3n) is 0.490. The van der Waals surface area contributed by atoms with Crippen molar-refractivity contribution in [2.45, 2.75) is 13.2 Å². The van der Waals surface area contributed by atoms with E-state index in [1.807, 2.05) is 5.32 Å². The van der Waals surface area contributed by atoms with E-state index in [9.17, 15) is 13.2 Å². The molecular formula is C3H6N2O4S. The summed E-state index contributed by atoms with van der Waals surface area (Å²) in [5.41, 5.74) is 0. The molecule has 0 aliphatic carbocycles. The van der Waals surface area contributed by atoms with Crippen LogP contribution in [0.15, 0.2) is 4.36 Å². The molecule has 58 valence electrons. The Labute approximate surface area is 58.6 Å². The highest BCUT2D eigenvalue weighted by molar-refractivity contribution is 7.62. The lowest BCUT2D eigenvalue weighted by Gasteiger charge is -2.00. The van der Waals surface area contributed by atoms with Gasteiger partial charge in [0.15, 0.2) is 0 Å². The third-order valence-corrected chi connectivity index (χ3v) is 0.805. The van der Waals surface area contributed by atoms with E-state index in [0.29, 0.717) is 0 Å². The smallest absolute Gasteiger partial charge is 0.357 e. The van der Waals surface area contributed by atoms with E-state index in [1.54, 1.807) is 0 Å². The molecule has 10 heavy (non-hydrogen) atoms. The summed E-state index contributed by atoms with van der Waals surface area (Å²) in [6.07, 6.45) is -1.10. The molecule has 0 aliphatic heterocycles. The Balaban J connectivity index is 4.01. The van der Waals surface area contributed by atoms with Crippen LogP contribution in [0.3, 0.4) is 0 Å². The lowest BCUT2D eigenvalue weighted by molar-refractivity contribution is 0.161. The Kier molecular flexibility index (Phi) is 3.59. The minimum absolute atomic E-state index is 1.08. The van der Waals surface area contributed by atoms with Gasteiger partial charge < -0.3 is 10.4 Å². The van der Waals surface area contributed by atoms with Crippen molar-refractivity contribution in [2.24, 2.45) is 4.36 Å². The Morgan fingerprint density at radius 1 is 1.70 bits per heavy atom. The van der Waals surface area contributed by atoms with Crippen molar-refractivity contribution in [1.29, 1.82) is 0 Å². The minimum atomic E-state index is -2.76. The Hall–Kier alpha value is -0.950. The topological polar surface area (TPSA) is 95.8 Å². The van der Waals surface area contributed by atoms with E-state index in [4.69, 9.17) is 5.11 Å². The first-order valence-corrected chi connectivity index (χ1v) is 3.35. The monoisotopic (exact) mass is 166 g/mol. The van der Waals surface area contributed by atoms with E-state index in [0.717, 1.165) is 0 Å². The average molecular weight is 166 g/mol. The van der Waals surface area contributed by atoms with Crippen LogP contribution >= 0.6 is 0 Å². The molecule has 7 heteroatoms. The first kappa shape index (κ1) is 9.05. The number of nitrogens with zero attached hydrogens (tertiary/aromatic N) is 1. The van der Waals surface area contributed by atoms with E-state index in [2.05, 4.69) is 4.36 Å². The van der Waals surface area contributed by atoms with Gasteiger partial charge in [-0.15, -0.1) is 0 Å². The highest BCUT2D eigenvalue weighted by Gasteiger charge is 2.00. The van der Waals surface area contributed by atoms with Crippen LogP contribution in [0, 0.1) is 0 Å². The molecular weight excluding hydrogens is 160 g/mol. The maximum atomic E-state index is 10.2. The molecule has 0 spiro atoms. The standard InChI is InChI=1S/C3H6N2O4S/c1-2(6)4-3(7)5-10(8)9/h2,6H,1H3,(H,4,7). The van der Waals surface area contributed by atoms with Crippen LogP contribution in [0.1, 0.15) is 6.92 Å². The van der Waals surface area contributed by atoms with Gasteiger partial charge >= 0.3 is 16.5 Å². The molecule has 0 radical (unpaired) electrons. The fraction of sp³-hybridized carbons (Fsp3) is 0.667. The largest absolute Gasteiger partial charge is 0.374 e. The molecule has 0 aliphatic rings. The van der Waals surface area contributed by atoms with Gasteiger partial charge in [-0.1, -0.05) is 4.36 Å². The number of hydrogen-bond donors (Lipinski definition) is 2. The van der Waals surface area contributed by atoms with Gasteiger partial charge in [0.2, 0.25) is 0 Å². The van der Waals surface area contributed by atoms with Crippen molar-refractivity contribution in [1.82, 2.24) is 5.32 Å². The van der Waals surface area contributed by atoms with Crippen molar-refractivity contribution >= 4 is 16.5 Å². The van der Waals surface area contributed by atoms with Crippen molar-refractivity contribution in [3.63, 3.8) is 0 Å². The van der Waals surface area contributed by atoms with Crippen LogP contribution in [-0.4, -0.2) is 25.8 Å². The average Bonchev–Trinajstić information content (AvgIpc) is 1.58. The lowest BCUT2D eigenvalue weighted by atomic mass is 10.7. The highest BCUT2D eigenvalue weighted by Crippen LogP contribution is 1.76. The summed E-state index contributed by atoms with van der Waals surface area (Å²) in [5.74, 6) is 0. The fourth-order valence-corrected chi connectivity index (χ4v) is 0.461. The maximum absolute atomic E-state index is 10.2. The normalized spacial score (nSPS) is 11.8. The number of amides is 2. The van der Waals surface area contributed by atoms with Crippen LogP contribution in [0.5, 0.6) is 0 Å². The first-order valence-electron chi connectivity index (χ1n) is 2.32. The summed E-state index contributed by atoms with van der Waals surface area (Å²) >= 11 is 0. The third kappa shape index (κ3) is 5.19. The molecule has 0 heterocycles. The Bertz CT molecular complexity index is 233. The second kappa shape index (κ2) is 3.96. The molecule has 0 bridgehead atoms. The maximum Gasteiger partial charge on any atom is 0.357 e. The van der Waals surface area contributed by atoms with E-state index < -0.39 is 22.8 Å². The molecule has 6 nitrogen and oxygen atoms in total. The zero-order valence-electron chi connectivity index (χ0n) is 5.10. The molecule has 0 saturated heterocycles. The van der Waals surface area contributed by atoms with Gasteiger partial charge in [0, 0.05) is 0 Å². The van der Waals surface area contributed by atoms with Crippen LogP contribution in [0.4, 0.5) is 4.79 Å². The van der Waals surface area contributed by atoms with Gasteiger partial charge in [-0.25, -0.2) is 4.79 Å². The highest BCUT2D eigenvalue weighted by atomic mass is 32.2. The lowest BCUT2D eigenvalue weighted by Crippen LogP contribution is -2.29. The van der Waals surface area contributed by atoms with Gasteiger partial charge in [-0.2, -0.15) is 8.42 Å². The predicted molar refractivity (Wildman–Crippen MR) is 31.6 cm³/mol. The summed E-state index contributed by atoms with van der Waals surface area (Å²) < 4.78 is 21.9. The Morgan fingerprint density at radius 3 is 2.50 bits per heavy atom. The van der Waals surface area contributed by atoms with Gasteiger partial charge in [0.25, 0.3) is 0 Å². The number of rotatable bonds is 1. The first-order chi connectivity index (χ1) is 4.52. The molecule has 0 rings (SSSR count). The fourth-order valence-electron chi connectivity index (χ4n) is 0.273. The summed E-state index contributed by atoms with van der Waals surface area (Å²) in [4.78, 5) is 10.2. The Morgan fingerprint density at radius 2 is 2.20 bits per heavy atom. The van der Waals surface area contributed by atoms with Gasteiger partial charge in [0.1, 0.15) is 6.23 Å². The van der Waals surface area contributed by atoms with E-state index >= 15 is 0 Å². The van der Waals surface area contributed by atoms with Crippen LogP contribution in [0.25, 0.3) is 0 Å². The number of carbonyl (C=O) groups is 1. The molecule has 0 saturated carbocycles. The predicted octanol–water partition coefficient (Wildman–Crippen LogP) is -0.903. The number of carbonyl (C=O) groups excluding carboxylic acids is 1. The van der Waals surface area contributed by atoms with Crippen molar-refractivity contribution < 1.29 is 18.3 Å². The van der Waals surface area contributed by atoms with E-state index in [-0.39, 0.29) is 0 Å². The van der Waals surface area contributed by atoms with Gasteiger partial charge in [-0.05, 0) is 6.92 Å². The number of urea groups is 1. The molecule has 0 fully saturated rings. The SMILES string of the molecule is CC(O)NC(=O)N=S(=O)=O. The quantitative estimate of drug-likeness (QED) is 0.493. The van der Waals surface area contributed by atoms with Gasteiger partial charge in [0.05, 0.1) is 0 Å². The molecule has 1 atom stereocenters. The zero-order valence-corrected chi connectivity index (χ0v) is 5.92. The van der Waals surface area contributed by atoms with Gasteiger partial charge in [-0.3, -0.25) is 0 Å². The molecule has 0 aromatic heterocycles. The number of aliphatic hydroxyl groups is 1. The molecule has 2 amide bonds. The second-order valence-electron chi connectivity index (χ2n) is 1.43. The molecule has 0 aromatic rings. The zero-order chi connectivity index (χ0) is 8.15. The summed E-state index contributed by atoms with van der Waals surface area (Å²) in [5, 5.41) is 10.3. The summed E-state index contributed by atoms with van der Waals surface area (Å²) in [6.45, 7) is 1.27. The summed E-state index contributed by atoms with van der Waals surface area (Å²) in [6, 6.07) is -1.08. The minimum Gasteiger partial charge on any atom is -0.374 e. The number of hydrogen-bond acceptors (Lipinski definition) is 4. The van der Waals surface area contributed by atoms with Crippen molar-refractivity contribution in [2.75, 3.05) is 0 Å². The van der Waals surface area contributed by atoms with Crippen molar-refractivity contribution in [3.05, 3.63) is 0 Å². The second-order valence-corrected chi connectivity index (χ2v) is 2.05. The van der Waals surface area contributed by atoms with Crippen molar-refractivity contribution in [3.8, 4) is 0 Å². The van der Waals surface area contributed by atoms with Crippen LogP contribution in [0.2, 0.25) is 0 Å².